The third-order valence-corrected chi connectivity index (χ3v) is 8.51. The van der Waals surface area contributed by atoms with Crippen molar-refractivity contribution in [3.05, 3.63) is 94.7 Å². The first kappa shape index (κ1) is 34.6. The summed E-state index contributed by atoms with van der Waals surface area (Å²) < 4.78 is 5.87. The first-order valence-electron chi connectivity index (χ1n) is 15.2. The number of nitrogens with one attached hydrogen (secondary N) is 3. The molecule has 7 heteroatoms. The molecule has 0 heterocycles. The van der Waals surface area contributed by atoms with E-state index in [2.05, 4.69) is 47.9 Å². The van der Waals surface area contributed by atoms with Crippen LogP contribution in [0.3, 0.4) is 0 Å². The van der Waals surface area contributed by atoms with Crippen molar-refractivity contribution in [1.29, 1.82) is 0 Å². The molecule has 1 aliphatic rings. The van der Waals surface area contributed by atoms with Gasteiger partial charge in [0.15, 0.2) is 0 Å². The van der Waals surface area contributed by atoms with Crippen molar-refractivity contribution in [3.63, 3.8) is 0 Å². The van der Waals surface area contributed by atoms with Crippen molar-refractivity contribution >= 4 is 12.1 Å². The number of carbonyl (C=O) groups is 1. The van der Waals surface area contributed by atoms with E-state index in [0.29, 0.717) is 17.5 Å². The minimum atomic E-state index is 0.00632. The fourth-order valence-electron chi connectivity index (χ4n) is 5.74. The fraction of sp³-hybridized carbons (Fsp3) is 0.486. The molecule has 1 amide bonds. The number of allylic oxidation sites excluding steroid dienone is 6. The Morgan fingerprint density at radius 3 is 2.52 bits per heavy atom. The number of amides is 1. The zero-order chi connectivity index (χ0) is 31.1. The van der Waals surface area contributed by atoms with Gasteiger partial charge in [0.2, 0.25) is 0 Å². The van der Waals surface area contributed by atoms with Gasteiger partial charge in [-0.25, -0.2) is 4.99 Å². The third kappa shape index (κ3) is 10.1. The van der Waals surface area contributed by atoms with Gasteiger partial charge in [0.05, 0.1) is 7.11 Å². The Morgan fingerprint density at radius 1 is 1.24 bits per heavy atom. The lowest BCUT2D eigenvalue weighted by atomic mass is 9.69. The lowest BCUT2D eigenvalue weighted by Gasteiger charge is -2.40. The average molecular weight is 576 g/mol. The second-order valence-electron chi connectivity index (χ2n) is 11.2. The summed E-state index contributed by atoms with van der Waals surface area (Å²) in [5.41, 5.74) is 11.6. The Morgan fingerprint density at radius 2 is 1.95 bits per heavy atom. The first-order valence-corrected chi connectivity index (χ1v) is 15.2. The predicted molar refractivity (Wildman–Crippen MR) is 177 cm³/mol. The van der Waals surface area contributed by atoms with Crippen LogP contribution in [0.25, 0.3) is 0 Å². The SMILES string of the molecule is C=CC(=C(OC)\C(CC)=C(/C)NCc1cccc(C(=O)NC2CCC(CC)(CCNC)CC2)c1)/C(C)=C/C=N\C(=C)N. The lowest BCUT2D eigenvalue weighted by molar-refractivity contribution is 0.0884. The third-order valence-electron chi connectivity index (χ3n) is 8.51. The Labute approximate surface area is 254 Å². The van der Waals surface area contributed by atoms with Gasteiger partial charge in [-0.1, -0.05) is 51.6 Å². The monoisotopic (exact) mass is 575 g/mol. The number of aliphatic imine (C=N–C) groups is 1. The van der Waals surface area contributed by atoms with Crippen LogP contribution in [0.5, 0.6) is 0 Å². The van der Waals surface area contributed by atoms with Crippen LogP contribution in [0.15, 0.2) is 88.6 Å². The molecule has 1 aromatic rings. The number of benzene rings is 1. The van der Waals surface area contributed by atoms with Gasteiger partial charge in [-0.3, -0.25) is 4.79 Å². The molecule has 42 heavy (non-hydrogen) atoms. The van der Waals surface area contributed by atoms with E-state index >= 15 is 0 Å². The van der Waals surface area contributed by atoms with E-state index in [-0.39, 0.29) is 17.8 Å². The molecule has 7 nitrogen and oxygen atoms in total. The van der Waals surface area contributed by atoms with Crippen LogP contribution in [0.1, 0.15) is 88.6 Å². The zero-order valence-electron chi connectivity index (χ0n) is 26.7. The molecule has 0 saturated heterocycles. The molecule has 230 valence electrons. The highest BCUT2D eigenvalue weighted by Gasteiger charge is 2.33. The molecule has 0 aromatic heterocycles. The summed E-state index contributed by atoms with van der Waals surface area (Å²) in [4.78, 5) is 17.2. The van der Waals surface area contributed by atoms with E-state index in [4.69, 9.17) is 10.5 Å². The van der Waals surface area contributed by atoms with Gasteiger partial charge in [0.1, 0.15) is 11.6 Å². The summed E-state index contributed by atoms with van der Waals surface area (Å²) in [6, 6.07) is 8.11. The molecular formula is C35H53N5O2. The summed E-state index contributed by atoms with van der Waals surface area (Å²) >= 11 is 0. The highest BCUT2D eigenvalue weighted by Crippen LogP contribution is 2.42. The Bertz CT molecular complexity index is 1200. The van der Waals surface area contributed by atoms with Crippen LogP contribution in [-0.4, -0.2) is 38.9 Å². The van der Waals surface area contributed by atoms with Crippen LogP contribution in [-0.2, 0) is 11.3 Å². The van der Waals surface area contributed by atoms with Crippen LogP contribution in [0.2, 0.25) is 0 Å². The summed E-state index contributed by atoms with van der Waals surface area (Å²) in [7, 11) is 3.69. The maximum atomic E-state index is 13.2. The highest BCUT2D eigenvalue weighted by atomic mass is 16.5. The summed E-state index contributed by atoms with van der Waals surface area (Å²) in [6.07, 6.45) is 12.9. The maximum Gasteiger partial charge on any atom is 0.251 e. The van der Waals surface area contributed by atoms with Gasteiger partial charge in [-0.2, -0.15) is 0 Å². The van der Waals surface area contributed by atoms with Crippen LogP contribution in [0, 0.1) is 5.41 Å². The van der Waals surface area contributed by atoms with Gasteiger partial charge in [-0.15, -0.1) is 0 Å². The number of hydrogen-bond acceptors (Lipinski definition) is 6. The summed E-state index contributed by atoms with van der Waals surface area (Å²) in [5.74, 6) is 1.01. The van der Waals surface area contributed by atoms with Crippen molar-refractivity contribution in [2.75, 3.05) is 20.7 Å². The van der Waals surface area contributed by atoms with Gasteiger partial charge in [-0.05, 0) is 101 Å². The minimum absolute atomic E-state index is 0.00632. The Balaban J connectivity index is 2.13. The topological polar surface area (TPSA) is 101 Å². The van der Waals surface area contributed by atoms with Crippen LogP contribution in [0.4, 0.5) is 0 Å². The largest absolute Gasteiger partial charge is 0.496 e. The quantitative estimate of drug-likeness (QED) is 0.100. The lowest BCUT2D eigenvalue weighted by Crippen LogP contribution is -2.41. The first-order chi connectivity index (χ1) is 20.1. The molecular weight excluding hydrogens is 522 g/mol. The van der Waals surface area contributed by atoms with Gasteiger partial charge in [0, 0.05) is 41.2 Å². The van der Waals surface area contributed by atoms with Gasteiger partial charge in [0.25, 0.3) is 5.91 Å². The summed E-state index contributed by atoms with van der Waals surface area (Å²) in [5, 5.41) is 10.1. The Hall–Kier alpha value is -3.58. The molecule has 0 unspecified atom stereocenters. The number of nitrogens with zero attached hydrogens (tertiary/aromatic N) is 1. The molecule has 0 atom stereocenters. The molecule has 0 spiro atoms. The van der Waals surface area contributed by atoms with Crippen molar-refractivity contribution in [3.8, 4) is 0 Å². The van der Waals surface area contributed by atoms with E-state index in [0.717, 1.165) is 59.5 Å². The minimum Gasteiger partial charge on any atom is -0.496 e. The molecule has 5 N–H and O–H groups in total. The second kappa shape index (κ2) is 17.4. The maximum absolute atomic E-state index is 13.2. The number of rotatable bonds is 16. The predicted octanol–water partition coefficient (Wildman–Crippen LogP) is 6.67. The van der Waals surface area contributed by atoms with Crippen molar-refractivity contribution < 1.29 is 9.53 Å². The number of ether oxygens (including phenoxy) is 1. The standard InChI is InChI=1S/C35H53N5O2/c1-9-31(25(4)17-21-38-27(6)36)33(42-8)32(10-2)26(5)39-24-28-13-12-14-29(23-28)34(41)40-30-15-18-35(11-3,19-16-30)20-22-37-7/h9,12-14,17,21,23,30,37,39H,1,6,10-11,15-16,18-20,22,24,36H2,2-5,7-8H3,(H,40,41)/b25-17+,32-26+,33-31-,38-21-. The Kier molecular flexibility index (Phi) is 14.3. The highest BCUT2D eigenvalue weighted by molar-refractivity contribution is 5.94. The number of nitrogens with two attached hydrogens (primary N) is 1. The van der Waals surface area contributed by atoms with Gasteiger partial charge < -0.3 is 26.4 Å². The molecule has 1 aromatic carbocycles. The van der Waals surface area contributed by atoms with E-state index in [9.17, 15) is 4.79 Å². The fourth-order valence-corrected chi connectivity index (χ4v) is 5.74. The van der Waals surface area contributed by atoms with Crippen molar-refractivity contribution in [2.24, 2.45) is 16.1 Å². The number of hydrogen-bond donors (Lipinski definition) is 4. The van der Waals surface area contributed by atoms with E-state index < -0.39 is 0 Å². The van der Waals surface area contributed by atoms with Crippen molar-refractivity contribution in [1.82, 2.24) is 16.0 Å². The molecule has 2 rings (SSSR count). The molecule has 1 fully saturated rings. The van der Waals surface area contributed by atoms with E-state index in [1.54, 1.807) is 19.4 Å². The van der Waals surface area contributed by atoms with Crippen molar-refractivity contribution in [2.45, 2.75) is 85.2 Å². The average Bonchev–Trinajstić information content (AvgIpc) is 2.99. The van der Waals surface area contributed by atoms with Crippen LogP contribution >= 0.6 is 0 Å². The molecule has 0 aliphatic heterocycles. The molecule has 1 saturated carbocycles. The summed E-state index contributed by atoms with van der Waals surface area (Å²) in [6.45, 7) is 17.7. The van der Waals surface area contributed by atoms with E-state index in [1.807, 2.05) is 51.2 Å². The van der Waals surface area contributed by atoms with Crippen LogP contribution < -0.4 is 21.7 Å². The number of methoxy groups -OCH3 is 1. The number of carbonyl (C=O) groups excluding carboxylic acids is 1. The second-order valence-corrected chi connectivity index (χ2v) is 11.2. The van der Waals surface area contributed by atoms with E-state index in [1.165, 1.54) is 25.7 Å². The zero-order valence-corrected chi connectivity index (χ0v) is 26.7. The molecule has 1 aliphatic carbocycles. The smallest absolute Gasteiger partial charge is 0.251 e. The molecule has 0 bridgehead atoms. The molecule has 0 radical (unpaired) electrons. The normalized spacial score (nSPS) is 20.4. The van der Waals surface area contributed by atoms with Gasteiger partial charge >= 0.3 is 0 Å².